The lowest BCUT2D eigenvalue weighted by Crippen LogP contribution is -3.07. The molecule has 0 N–H and O–H groups in total. The molecule has 10 aromatic rings. The van der Waals surface area contributed by atoms with Crippen molar-refractivity contribution < 1.29 is 0 Å². The third-order valence-corrected chi connectivity index (χ3v) is 25.6. The van der Waals surface area contributed by atoms with Gasteiger partial charge in [0.25, 0.3) is 0 Å². The van der Waals surface area contributed by atoms with Crippen molar-refractivity contribution in [1.82, 2.24) is 0 Å². The van der Waals surface area contributed by atoms with E-state index in [1.54, 1.807) is 0 Å². The highest BCUT2D eigenvalue weighted by atomic mass is 32.1. The van der Waals surface area contributed by atoms with Crippen LogP contribution >= 0.6 is 22.7 Å². The van der Waals surface area contributed by atoms with Gasteiger partial charge in [-0.25, -0.2) is 0 Å². The summed E-state index contributed by atoms with van der Waals surface area (Å²) >= 11 is 3.78. The molecule has 0 radical (unpaired) electrons. The first kappa shape index (κ1) is 31.7. The van der Waals surface area contributed by atoms with Crippen molar-refractivity contribution in [3.8, 4) is 0 Å². The summed E-state index contributed by atoms with van der Waals surface area (Å²) in [4.78, 5) is 0. The molecule has 0 amide bonds. The van der Waals surface area contributed by atoms with E-state index in [9.17, 15) is 0 Å². The summed E-state index contributed by atoms with van der Waals surface area (Å²) in [6.07, 6.45) is 0. The molecular weight excluding hydrogens is 725 g/mol. The van der Waals surface area contributed by atoms with Crippen LogP contribution < -0.4 is 29.2 Å². The predicted molar refractivity (Wildman–Crippen MR) is 239 cm³/mol. The molecule has 0 atom stereocenters. The van der Waals surface area contributed by atoms with Crippen LogP contribution in [-0.4, -0.2) is 16.8 Å². The molecule has 1 aliphatic rings. The summed E-state index contributed by atoms with van der Waals surface area (Å²) in [7, 11) is -6.14. The number of nitrogens with zero attached hydrogens (tertiary/aromatic N) is 2. The van der Waals surface area contributed by atoms with Gasteiger partial charge in [-0.2, -0.15) is 0 Å². The second kappa shape index (κ2) is 12.4. The highest BCUT2D eigenvalue weighted by molar-refractivity contribution is 7.38. The first-order chi connectivity index (χ1) is 26.8. The molecule has 11 rings (SSSR count). The molecule has 1 saturated heterocycles. The van der Waals surface area contributed by atoms with E-state index in [0.29, 0.717) is 0 Å². The Bertz CT molecular complexity index is 2670. The van der Waals surface area contributed by atoms with Crippen molar-refractivity contribution in [3.63, 3.8) is 0 Å². The van der Waals surface area contributed by atoms with Gasteiger partial charge in [-0.05, 0) is 69.3 Å². The Morgan fingerprint density at radius 3 is 0.926 bits per heavy atom. The second-order valence-corrected chi connectivity index (χ2v) is 23.9. The lowest BCUT2D eigenvalue weighted by molar-refractivity contribution is 1.22. The maximum absolute atomic E-state index is 3.07. The molecule has 6 heteroatoms. The maximum Gasteiger partial charge on any atom is 0.318 e. The van der Waals surface area contributed by atoms with Crippen molar-refractivity contribution in [2.45, 2.75) is 0 Å². The standard InChI is InChI=1S/C48H34N2S2Si2/c1-5-17-37(18-6-1)53(38-19-7-2-8-20-38)49(35-29-31-47-43(33-35)41-25-13-15-27-45(41)51-47)54(39-21-9-3-10-22-39,40-23-11-4-12-24-40)50(53)36-30-32-48-44(34-36)42-26-14-16-28-46(42)52-48/h1-34H. The molecule has 1 fully saturated rings. The summed E-state index contributed by atoms with van der Waals surface area (Å²) in [5.41, 5.74) is 2.56. The van der Waals surface area contributed by atoms with E-state index < -0.39 is 16.8 Å². The maximum atomic E-state index is 3.00. The largest absolute Gasteiger partial charge is 0.378 e. The molecule has 1 aliphatic heterocycles. The van der Waals surface area contributed by atoms with Gasteiger partial charge < -0.3 is 8.46 Å². The Kier molecular flexibility index (Phi) is 7.29. The SMILES string of the molecule is c1ccc([Si]2(c3ccccc3)N(c3ccc4sc5ccccc5c4c3)[Si](c3ccccc3)(c3ccccc3)N2c2ccc3sc4ccccc4c3c2)cc1. The molecule has 0 aliphatic carbocycles. The molecule has 0 spiro atoms. The van der Waals surface area contributed by atoms with Crippen molar-refractivity contribution in [1.29, 1.82) is 0 Å². The van der Waals surface area contributed by atoms with Crippen molar-refractivity contribution >= 4 is 112 Å². The fourth-order valence-corrected chi connectivity index (χ4v) is 26.5. The molecular formula is C48H34N2S2Si2. The van der Waals surface area contributed by atoms with E-state index in [4.69, 9.17) is 0 Å². The Morgan fingerprint density at radius 1 is 0.278 bits per heavy atom. The quantitative estimate of drug-likeness (QED) is 0.156. The Hall–Kier alpha value is -5.77. The summed E-state index contributed by atoms with van der Waals surface area (Å²) in [6.45, 7) is 0. The Labute approximate surface area is 324 Å². The smallest absolute Gasteiger partial charge is 0.318 e. The number of fused-ring (bicyclic) bond motifs is 6. The van der Waals surface area contributed by atoms with Crippen molar-refractivity contribution in [2.24, 2.45) is 0 Å². The van der Waals surface area contributed by atoms with Crippen LogP contribution in [0.25, 0.3) is 40.3 Å². The van der Waals surface area contributed by atoms with Crippen LogP contribution in [0.2, 0.25) is 0 Å². The number of thiophene rings is 2. The Balaban J connectivity index is 1.32. The third kappa shape index (κ3) is 4.42. The number of rotatable bonds is 6. The van der Waals surface area contributed by atoms with Crippen LogP contribution in [0.3, 0.4) is 0 Å². The van der Waals surface area contributed by atoms with Crippen molar-refractivity contribution in [2.75, 3.05) is 8.46 Å². The number of hydrogen-bond donors (Lipinski definition) is 0. The van der Waals surface area contributed by atoms with E-state index in [-0.39, 0.29) is 0 Å². The van der Waals surface area contributed by atoms with Crippen LogP contribution in [-0.2, 0) is 0 Å². The van der Waals surface area contributed by atoms with Crippen LogP contribution in [0.5, 0.6) is 0 Å². The number of benzene rings is 8. The molecule has 2 aromatic heterocycles. The fourth-order valence-electron chi connectivity index (χ4n) is 9.13. The highest BCUT2D eigenvalue weighted by Crippen LogP contribution is 2.48. The summed E-state index contributed by atoms with van der Waals surface area (Å²) in [5.74, 6) is 0. The fraction of sp³-hybridized carbons (Fsp3) is 0. The molecule has 256 valence electrons. The van der Waals surface area contributed by atoms with Crippen LogP contribution in [0, 0.1) is 0 Å². The zero-order valence-electron chi connectivity index (χ0n) is 29.3. The molecule has 0 saturated carbocycles. The third-order valence-electron chi connectivity index (χ3n) is 11.2. The van der Waals surface area contributed by atoms with Crippen LogP contribution in [0.15, 0.2) is 206 Å². The van der Waals surface area contributed by atoms with Crippen LogP contribution in [0.4, 0.5) is 11.4 Å². The summed E-state index contributed by atoms with van der Waals surface area (Å²) in [5, 5.41) is 10.8. The molecule has 0 bridgehead atoms. The highest BCUT2D eigenvalue weighted by Gasteiger charge is 2.75. The normalized spacial score (nSPS) is 14.9. The lowest BCUT2D eigenvalue weighted by atomic mass is 10.1. The van der Waals surface area contributed by atoms with Gasteiger partial charge in [-0.3, -0.25) is 0 Å². The summed E-state index contributed by atoms with van der Waals surface area (Å²) < 4.78 is 11.3. The number of hydrogen-bond acceptors (Lipinski definition) is 4. The van der Waals surface area contributed by atoms with Gasteiger partial charge in [-0.1, -0.05) is 158 Å². The van der Waals surface area contributed by atoms with Crippen molar-refractivity contribution in [3.05, 3.63) is 206 Å². The van der Waals surface area contributed by atoms with Gasteiger partial charge in [0, 0.05) is 51.7 Å². The average Bonchev–Trinajstić information content (AvgIpc) is 3.80. The topological polar surface area (TPSA) is 6.48 Å². The molecule has 3 heterocycles. The zero-order valence-corrected chi connectivity index (χ0v) is 33.0. The predicted octanol–water partition coefficient (Wildman–Crippen LogP) is 10.3. The zero-order chi connectivity index (χ0) is 35.7. The summed E-state index contributed by atoms with van der Waals surface area (Å²) in [6, 6.07) is 78.1. The minimum atomic E-state index is -3.07. The van der Waals surface area contributed by atoms with E-state index in [1.807, 2.05) is 22.7 Å². The van der Waals surface area contributed by atoms with Gasteiger partial charge in [0.05, 0.1) is 0 Å². The van der Waals surface area contributed by atoms with Gasteiger partial charge >= 0.3 is 16.8 Å². The molecule has 2 nitrogen and oxygen atoms in total. The number of anilines is 2. The first-order valence-electron chi connectivity index (χ1n) is 18.4. The van der Waals surface area contributed by atoms with Gasteiger partial charge in [-0.15, -0.1) is 22.7 Å². The van der Waals surface area contributed by atoms with E-state index in [2.05, 4.69) is 215 Å². The van der Waals surface area contributed by atoms with Gasteiger partial charge in [0.15, 0.2) is 0 Å². The molecule has 54 heavy (non-hydrogen) atoms. The van der Waals surface area contributed by atoms with Gasteiger partial charge in [0.1, 0.15) is 0 Å². The van der Waals surface area contributed by atoms with E-state index in [0.717, 1.165) is 0 Å². The van der Waals surface area contributed by atoms with E-state index in [1.165, 1.54) is 72.5 Å². The minimum absolute atomic E-state index is 1.28. The van der Waals surface area contributed by atoms with E-state index >= 15 is 0 Å². The van der Waals surface area contributed by atoms with Crippen LogP contribution in [0.1, 0.15) is 0 Å². The molecule has 0 unspecified atom stereocenters. The lowest BCUT2D eigenvalue weighted by Gasteiger charge is -2.73. The van der Waals surface area contributed by atoms with Gasteiger partial charge in [0.2, 0.25) is 0 Å². The molecule has 8 aromatic carbocycles. The second-order valence-electron chi connectivity index (χ2n) is 14.0. The average molecular weight is 759 g/mol. The monoisotopic (exact) mass is 758 g/mol. The minimum Gasteiger partial charge on any atom is -0.378 e. The Morgan fingerprint density at radius 2 is 0.574 bits per heavy atom. The first-order valence-corrected chi connectivity index (χ1v) is 23.9.